The van der Waals surface area contributed by atoms with Crippen LogP contribution in [0.25, 0.3) is 10.9 Å². The van der Waals surface area contributed by atoms with Gasteiger partial charge in [0.05, 0.1) is 25.0 Å². The fourth-order valence-electron chi connectivity index (χ4n) is 3.28. The van der Waals surface area contributed by atoms with Crippen LogP contribution in [-0.4, -0.2) is 40.7 Å². The molecule has 3 rings (SSSR count). The van der Waals surface area contributed by atoms with Crippen LogP contribution in [-0.2, 0) is 20.7 Å². The van der Waals surface area contributed by atoms with E-state index in [0.29, 0.717) is 13.0 Å². The van der Waals surface area contributed by atoms with Gasteiger partial charge >= 0.3 is 5.97 Å². The number of hydrogen-bond donors (Lipinski definition) is 3. The van der Waals surface area contributed by atoms with Crippen molar-refractivity contribution in [2.45, 2.75) is 31.7 Å². The molecule has 0 saturated carbocycles. The van der Waals surface area contributed by atoms with E-state index in [0.717, 1.165) is 22.0 Å². The van der Waals surface area contributed by atoms with E-state index < -0.39 is 11.5 Å². The number of carbonyl (C=O) groups is 2. The first-order valence-electron chi connectivity index (χ1n) is 7.65. The SMILES string of the molecule is Cc1cccc2[nH]cc(CC(=O)NC3(CC(=O)O)CCOC3)c12. The number of aryl methyl sites for hydroxylation is 1. The van der Waals surface area contributed by atoms with Gasteiger partial charge in [-0.1, -0.05) is 12.1 Å². The number of rotatable bonds is 5. The minimum atomic E-state index is -0.932. The van der Waals surface area contributed by atoms with Crippen LogP contribution in [0.4, 0.5) is 0 Å². The van der Waals surface area contributed by atoms with E-state index in [1.54, 1.807) is 0 Å². The van der Waals surface area contributed by atoms with Crippen LogP contribution < -0.4 is 5.32 Å². The Bertz CT molecular complexity index is 744. The molecule has 1 atom stereocenters. The van der Waals surface area contributed by atoms with Crippen LogP contribution in [0.1, 0.15) is 24.0 Å². The summed E-state index contributed by atoms with van der Waals surface area (Å²) in [7, 11) is 0. The molecule has 1 amide bonds. The smallest absolute Gasteiger partial charge is 0.305 e. The van der Waals surface area contributed by atoms with Crippen molar-refractivity contribution in [3.05, 3.63) is 35.5 Å². The van der Waals surface area contributed by atoms with Crippen LogP contribution >= 0.6 is 0 Å². The summed E-state index contributed by atoms with van der Waals surface area (Å²) >= 11 is 0. The second-order valence-electron chi connectivity index (χ2n) is 6.19. The number of aliphatic carboxylic acids is 1. The topological polar surface area (TPSA) is 91.4 Å². The zero-order valence-corrected chi connectivity index (χ0v) is 13.0. The van der Waals surface area contributed by atoms with Gasteiger partial charge in [-0.15, -0.1) is 0 Å². The van der Waals surface area contributed by atoms with Gasteiger partial charge in [-0.2, -0.15) is 0 Å². The number of H-pyrrole nitrogens is 1. The number of carboxylic acid groups (broad SMARTS) is 1. The summed E-state index contributed by atoms with van der Waals surface area (Å²) in [5, 5.41) is 13.0. The summed E-state index contributed by atoms with van der Waals surface area (Å²) < 4.78 is 5.30. The molecule has 3 N–H and O–H groups in total. The molecule has 2 aromatic rings. The minimum Gasteiger partial charge on any atom is -0.481 e. The summed E-state index contributed by atoms with van der Waals surface area (Å²) in [6, 6.07) is 5.95. The average Bonchev–Trinajstić information content (AvgIpc) is 3.06. The molecule has 0 bridgehead atoms. The first-order valence-corrected chi connectivity index (χ1v) is 7.65. The van der Waals surface area contributed by atoms with Gasteiger partial charge in [0, 0.05) is 23.7 Å². The first-order chi connectivity index (χ1) is 11.0. The number of carboxylic acids is 1. The Kier molecular flexibility index (Phi) is 4.09. The van der Waals surface area contributed by atoms with Gasteiger partial charge in [0.25, 0.3) is 0 Å². The maximum absolute atomic E-state index is 12.4. The summed E-state index contributed by atoms with van der Waals surface area (Å²) in [4.78, 5) is 26.7. The molecule has 1 fully saturated rings. The van der Waals surface area contributed by atoms with Gasteiger partial charge in [0.1, 0.15) is 0 Å². The first kappa shape index (κ1) is 15.6. The number of hydrogen-bond acceptors (Lipinski definition) is 3. The van der Waals surface area contributed by atoms with Crippen LogP contribution in [0.2, 0.25) is 0 Å². The normalized spacial score (nSPS) is 20.7. The van der Waals surface area contributed by atoms with E-state index >= 15 is 0 Å². The van der Waals surface area contributed by atoms with Gasteiger partial charge in [-0.3, -0.25) is 9.59 Å². The van der Waals surface area contributed by atoms with Crippen molar-refractivity contribution in [3.8, 4) is 0 Å². The van der Waals surface area contributed by atoms with Crippen molar-refractivity contribution >= 4 is 22.8 Å². The van der Waals surface area contributed by atoms with Gasteiger partial charge in [-0.25, -0.2) is 0 Å². The third-order valence-electron chi connectivity index (χ3n) is 4.34. The Morgan fingerprint density at radius 1 is 1.43 bits per heavy atom. The number of amides is 1. The zero-order valence-electron chi connectivity index (χ0n) is 13.0. The second-order valence-corrected chi connectivity index (χ2v) is 6.19. The fourth-order valence-corrected chi connectivity index (χ4v) is 3.28. The molecular weight excluding hydrogens is 296 g/mol. The van der Waals surface area contributed by atoms with Crippen molar-refractivity contribution < 1.29 is 19.4 Å². The molecule has 2 heterocycles. The molecule has 6 nitrogen and oxygen atoms in total. The van der Waals surface area contributed by atoms with E-state index in [9.17, 15) is 9.59 Å². The lowest BCUT2D eigenvalue weighted by Crippen LogP contribution is -2.51. The third-order valence-corrected chi connectivity index (χ3v) is 4.34. The summed E-state index contributed by atoms with van der Waals surface area (Å²) in [6.07, 6.45) is 2.46. The highest BCUT2D eigenvalue weighted by Crippen LogP contribution is 2.25. The van der Waals surface area contributed by atoms with E-state index in [1.165, 1.54) is 0 Å². The summed E-state index contributed by atoms with van der Waals surface area (Å²) in [5.74, 6) is -1.11. The van der Waals surface area contributed by atoms with E-state index in [2.05, 4.69) is 10.3 Å². The Labute approximate surface area is 133 Å². The number of fused-ring (bicyclic) bond motifs is 1. The monoisotopic (exact) mass is 316 g/mol. The molecule has 6 heteroatoms. The number of ether oxygens (including phenoxy) is 1. The fraction of sp³-hybridized carbons (Fsp3) is 0.412. The highest BCUT2D eigenvalue weighted by Gasteiger charge is 2.38. The Hall–Kier alpha value is -2.34. The molecule has 1 aliphatic rings. The minimum absolute atomic E-state index is 0.119. The third kappa shape index (κ3) is 3.22. The molecule has 1 unspecified atom stereocenters. The van der Waals surface area contributed by atoms with E-state index in [-0.39, 0.29) is 25.4 Å². The quantitative estimate of drug-likeness (QED) is 0.784. The standard InChI is InChI=1S/C17H20N2O4/c1-11-3-2-4-13-16(11)12(9-18-13)7-14(20)19-17(8-15(21)22)5-6-23-10-17/h2-4,9,18H,5-8,10H2,1H3,(H,19,20)(H,21,22). The van der Waals surface area contributed by atoms with E-state index in [1.807, 2.05) is 31.3 Å². The van der Waals surface area contributed by atoms with Crippen molar-refractivity contribution in [1.29, 1.82) is 0 Å². The molecule has 0 spiro atoms. The molecule has 1 aliphatic heterocycles. The van der Waals surface area contributed by atoms with Crippen molar-refractivity contribution in [2.24, 2.45) is 0 Å². The van der Waals surface area contributed by atoms with Crippen LogP contribution in [0.15, 0.2) is 24.4 Å². The maximum Gasteiger partial charge on any atom is 0.305 e. The van der Waals surface area contributed by atoms with Gasteiger partial charge in [0.2, 0.25) is 5.91 Å². The van der Waals surface area contributed by atoms with E-state index in [4.69, 9.17) is 9.84 Å². The van der Waals surface area contributed by atoms with Gasteiger partial charge < -0.3 is 20.1 Å². The molecule has 122 valence electrons. The molecule has 1 aromatic carbocycles. The lowest BCUT2D eigenvalue weighted by Gasteiger charge is -2.27. The highest BCUT2D eigenvalue weighted by atomic mass is 16.5. The largest absolute Gasteiger partial charge is 0.481 e. The Morgan fingerprint density at radius 3 is 2.96 bits per heavy atom. The predicted octanol–water partition coefficient (Wildman–Crippen LogP) is 1.77. The van der Waals surface area contributed by atoms with Crippen LogP contribution in [0.5, 0.6) is 0 Å². The number of nitrogens with one attached hydrogen (secondary N) is 2. The molecular formula is C17H20N2O4. The van der Waals surface area contributed by atoms with Crippen LogP contribution in [0.3, 0.4) is 0 Å². The predicted molar refractivity (Wildman–Crippen MR) is 85.3 cm³/mol. The molecule has 1 aromatic heterocycles. The molecule has 1 saturated heterocycles. The lowest BCUT2D eigenvalue weighted by atomic mass is 9.93. The zero-order chi connectivity index (χ0) is 16.4. The Morgan fingerprint density at radius 2 is 2.26 bits per heavy atom. The van der Waals surface area contributed by atoms with Gasteiger partial charge in [-0.05, 0) is 30.5 Å². The average molecular weight is 316 g/mol. The Balaban J connectivity index is 1.77. The number of carbonyl (C=O) groups excluding carboxylic acids is 1. The molecule has 0 aliphatic carbocycles. The number of aromatic nitrogens is 1. The lowest BCUT2D eigenvalue weighted by molar-refractivity contribution is -0.139. The van der Waals surface area contributed by atoms with Crippen molar-refractivity contribution in [1.82, 2.24) is 10.3 Å². The molecule has 23 heavy (non-hydrogen) atoms. The summed E-state index contributed by atoms with van der Waals surface area (Å²) in [5.41, 5.74) is 2.23. The van der Waals surface area contributed by atoms with Crippen molar-refractivity contribution in [2.75, 3.05) is 13.2 Å². The molecule has 0 radical (unpaired) electrons. The number of benzene rings is 1. The number of aromatic amines is 1. The second kappa shape index (κ2) is 6.04. The summed E-state index contributed by atoms with van der Waals surface area (Å²) in [6.45, 7) is 2.73. The van der Waals surface area contributed by atoms with Crippen molar-refractivity contribution in [3.63, 3.8) is 0 Å². The van der Waals surface area contributed by atoms with Gasteiger partial charge in [0.15, 0.2) is 0 Å². The van der Waals surface area contributed by atoms with Crippen LogP contribution in [0, 0.1) is 6.92 Å². The maximum atomic E-state index is 12.4. The highest BCUT2D eigenvalue weighted by molar-refractivity contribution is 5.91.